The molecule has 3 N–H and O–H groups in total. The van der Waals surface area contributed by atoms with E-state index in [0.29, 0.717) is 11.3 Å². The van der Waals surface area contributed by atoms with E-state index in [1.54, 1.807) is 5.92 Å². The summed E-state index contributed by atoms with van der Waals surface area (Å²) < 4.78 is 0. The summed E-state index contributed by atoms with van der Waals surface area (Å²) >= 11 is 0. The third kappa shape index (κ3) is 2.44. The van der Waals surface area contributed by atoms with Gasteiger partial charge in [0.2, 0.25) is 0 Å². The monoisotopic (exact) mass is 269 g/mol. The number of aromatic nitrogens is 1. The molecule has 2 nitrogen and oxygen atoms in total. The normalized spacial score (nSPS) is 21.4. The zero-order valence-electron chi connectivity index (χ0n) is 12.8. The van der Waals surface area contributed by atoms with Crippen LogP contribution in [-0.2, 0) is 0 Å². The van der Waals surface area contributed by atoms with Crippen LogP contribution in [0.25, 0.3) is 10.9 Å². The van der Waals surface area contributed by atoms with E-state index in [0.717, 1.165) is 5.69 Å². The SMILES string of the molecule is CC(C)(C)[C]1CCCC(c2c[nH]c3ccc(N)cc23)C1. The lowest BCUT2D eigenvalue weighted by atomic mass is 9.68. The number of benzene rings is 1. The Morgan fingerprint density at radius 1 is 1.25 bits per heavy atom. The number of aromatic amines is 1. The fourth-order valence-corrected chi connectivity index (χ4v) is 3.51. The summed E-state index contributed by atoms with van der Waals surface area (Å²) in [6.07, 6.45) is 7.32. The van der Waals surface area contributed by atoms with Gasteiger partial charge in [-0.1, -0.05) is 27.2 Å². The highest BCUT2D eigenvalue weighted by atomic mass is 14.7. The number of nitrogens with one attached hydrogen (secondary N) is 1. The molecule has 0 bridgehead atoms. The predicted octanol–water partition coefficient (Wildman–Crippen LogP) is 5.03. The van der Waals surface area contributed by atoms with Gasteiger partial charge in [0.25, 0.3) is 0 Å². The van der Waals surface area contributed by atoms with Crippen molar-refractivity contribution in [3.63, 3.8) is 0 Å². The van der Waals surface area contributed by atoms with Crippen molar-refractivity contribution in [1.82, 2.24) is 4.98 Å². The van der Waals surface area contributed by atoms with Crippen LogP contribution in [0.3, 0.4) is 0 Å². The van der Waals surface area contributed by atoms with Crippen LogP contribution >= 0.6 is 0 Å². The van der Waals surface area contributed by atoms with E-state index >= 15 is 0 Å². The third-order valence-corrected chi connectivity index (χ3v) is 4.76. The van der Waals surface area contributed by atoms with Gasteiger partial charge in [-0.2, -0.15) is 0 Å². The van der Waals surface area contributed by atoms with Crippen LogP contribution in [-0.4, -0.2) is 4.98 Å². The topological polar surface area (TPSA) is 41.8 Å². The molecule has 1 unspecified atom stereocenters. The third-order valence-electron chi connectivity index (χ3n) is 4.76. The van der Waals surface area contributed by atoms with Crippen LogP contribution in [0.2, 0.25) is 0 Å². The van der Waals surface area contributed by atoms with Gasteiger partial charge >= 0.3 is 0 Å². The molecule has 0 amide bonds. The molecule has 1 saturated carbocycles. The van der Waals surface area contributed by atoms with Crippen LogP contribution < -0.4 is 5.73 Å². The minimum atomic E-state index is 0.337. The lowest BCUT2D eigenvalue weighted by molar-refractivity contribution is 0.323. The fourth-order valence-electron chi connectivity index (χ4n) is 3.51. The van der Waals surface area contributed by atoms with Gasteiger partial charge in [0.15, 0.2) is 0 Å². The number of hydrogen-bond acceptors (Lipinski definition) is 1. The Morgan fingerprint density at radius 3 is 2.80 bits per heavy atom. The van der Waals surface area contributed by atoms with Gasteiger partial charge in [-0.15, -0.1) is 0 Å². The average molecular weight is 269 g/mol. The van der Waals surface area contributed by atoms with E-state index in [1.165, 1.54) is 42.1 Å². The molecule has 1 aromatic carbocycles. The molecule has 3 rings (SSSR count). The van der Waals surface area contributed by atoms with Crippen LogP contribution in [0, 0.1) is 11.3 Å². The molecule has 2 aromatic rings. The van der Waals surface area contributed by atoms with Gasteiger partial charge in [0.05, 0.1) is 0 Å². The Labute approximate surface area is 121 Å². The number of nitrogens with two attached hydrogens (primary N) is 1. The number of nitrogen functional groups attached to an aromatic ring is 1. The number of fused-ring (bicyclic) bond motifs is 1. The maximum absolute atomic E-state index is 5.96. The van der Waals surface area contributed by atoms with E-state index in [4.69, 9.17) is 5.73 Å². The van der Waals surface area contributed by atoms with Crippen molar-refractivity contribution < 1.29 is 0 Å². The Bertz CT molecular complexity index is 603. The molecule has 2 heteroatoms. The van der Waals surface area contributed by atoms with Crippen molar-refractivity contribution in [1.29, 1.82) is 0 Å². The second-order valence-electron chi connectivity index (χ2n) is 7.20. The van der Waals surface area contributed by atoms with Crippen molar-refractivity contribution in [3.8, 4) is 0 Å². The molecule has 1 aromatic heterocycles. The Balaban J connectivity index is 1.92. The largest absolute Gasteiger partial charge is 0.399 e. The van der Waals surface area contributed by atoms with Crippen molar-refractivity contribution in [3.05, 3.63) is 35.9 Å². The fraction of sp³-hybridized carbons (Fsp3) is 0.500. The van der Waals surface area contributed by atoms with Gasteiger partial charge in [-0.05, 0) is 60.3 Å². The van der Waals surface area contributed by atoms with E-state index in [1.807, 2.05) is 6.07 Å². The highest BCUT2D eigenvalue weighted by molar-refractivity contribution is 5.86. The molecule has 0 spiro atoms. The smallest absolute Gasteiger partial charge is 0.0458 e. The van der Waals surface area contributed by atoms with Gasteiger partial charge < -0.3 is 10.7 Å². The number of anilines is 1. The summed E-state index contributed by atoms with van der Waals surface area (Å²) in [7, 11) is 0. The van der Waals surface area contributed by atoms with Crippen molar-refractivity contribution in [2.75, 3.05) is 5.73 Å². The molecule has 0 aliphatic heterocycles. The summed E-state index contributed by atoms with van der Waals surface area (Å²) in [4.78, 5) is 3.40. The lowest BCUT2D eigenvalue weighted by Gasteiger charge is -2.37. The summed E-state index contributed by atoms with van der Waals surface area (Å²) in [6, 6.07) is 6.17. The standard InChI is InChI=1S/C18H25N2/c1-18(2,3)13-6-4-5-12(9-13)16-11-20-17-8-7-14(19)10-15(16)17/h7-8,10-12,20H,4-6,9,19H2,1-3H3. The van der Waals surface area contributed by atoms with Gasteiger partial charge in [-0.3, -0.25) is 0 Å². The Kier molecular flexibility index (Phi) is 3.27. The minimum Gasteiger partial charge on any atom is -0.399 e. The molecular weight excluding hydrogens is 244 g/mol. The molecule has 1 fully saturated rings. The van der Waals surface area contributed by atoms with Crippen molar-refractivity contribution in [2.24, 2.45) is 5.41 Å². The van der Waals surface area contributed by atoms with Crippen LogP contribution in [0.4, 0.5) is 5.69 Å². The van der Waals surface area contributed by atoms with E-state index in [2.05, 4.69) is 44.1 Å². The van der Waals surface area contributed by atoms with E-state index in [9.17, 15) is 0 Å². The van der Waals surface area contributed by atoms with Crippen molar-refractivity contribution >= 4 is 16.6 Å². The molecule has 1 aliphatic carbocycles. The first-order valence-electron chi connectivity index (χ1n) is 7.67. The minimum absolute atomic E-state index is 0.337. The molecule has 107 valence electrons. The maximum atomic E-state index is 5.96. The average Bonchev–Trinajstić information content (AvgIpc) is 2.81. The summed E-state index contributed by atoms with van der Waals surface area (Å²) in [5, 5.41) is 1.31. The Morgan fingerprint density at radius 2 is 2.05 bits per heavy atom. The predicted molar refractivity (Wildman–Crippen MR) is 86.6 cm³/mol. The van der Waals surface area contributed by atoms with Crippen molar-refractivity contribution in [2.45, 2.75) is 52.4 Å². The van der Waals surface area contributed by atoms with Crippen LogP contribution in [0.5, 0.6) is 0 Å². The summed E-state index contributed by atoms with van der Waals surface area (Å²) in [5.74, 6) is 2.36. The molecule has 0 saturated heterocycles. The maximum Gasteiger partial charge on any atom is 0.0458 e. The van der Waals surface area contributed by atoms with Gasteiger partial charge in [0.1, 0.15) is 0 Å². The number of rotatable bonds is 1. The summed E-state index contributed by atoms with van der Waals surface area (Å²) in [6.45, 7) is 7.04. The molecule has 1 radical (unpaired) electrons. The zero-order chi connectivity index (χ0) is 14.3. The number of H-pyrrole nitrogens is 1. The molecular formula is C18H25N2. The van der Waals surface area contributed by atoms with E-state index < -0.39 is 0 Å². The first-order valence-corrected chi connectivity index (χ1v) is 7.67. The molecule has 1 heterocycles. The molecule has 20 heavy (non-hydrogen) atoms. The quantitative estimate of drug-likeness (QED) is 0.701. The van der Waals surface area contributed by atoms with Gasteiger partial charge in [-0.25, -0.2) is 0 Å². The van der Waals surface area contributed by atoms with E-state index in [-0.39, 0.29) is 0 Å². The second-order valence-corrected chi connectivity index (χ2v) is 7.20. The highest BCUT2D eigenvalue weighted by Crippen LogP contribution is 2.46. The van der Waals surface area contributed by atoms with Crippen LogP contribution in [0.1, 0.15) is 57.9 Å². The first-order chi connectivity index (χ1) is 9.45. The lowest BCUT2D eigenvalue weighted by Crippen LogP contribution is -2.24. The van der Waals surface area contributed by atoms with Gasteiger partial charge in [0, 0.05) is 22.8 Å². The summed E-state index contributed by atoms with van der Waals surface area (Å²) in [5.41, 5.74) is 9.81. The highest BCUT2D eigenvalue weighted by Gasteiger charge is 2.32. The second kappa shape index (κ2) is 4.83. The Hall–Kier alpha value is -1.44. The first kappa shape index (κ1) is 13.5. The molecule has 1 aliphatic rings. The molecule has 1 atom stereocenters. The zero-order valence-corrected chi connectivity index (χ0v) is 12.8. The number of hydrogen-bond donors (Lipinski definition) is 2. The van der Waals surface area contributed by atoms with Crippen LogP contribution in [0.15, 0.2) is 24.4 Å².